The number of amidine groups is 1. The second-order valence-electron chi connectivity index (χ2n) is 6.91. The van der Waals surface area contributed by atoms with Crippen LogP contribution < -0.4 is 15.0 Å². The summed E-state index contributed by atoms with van der Waals surface area (Å²) in [7, 11) is 1.59. The number of nitrogens with one attached hydrogen (secondary N) is 1. The number of aryl methyl sites for hydroxylation is 2. The Bertz CT molecular complexity index is 1080. The van der Waals surface area contributed by atoms with Crippen LogP contribution in [0.15, 0.2) is 53.2 Å². The fourth-order valence-electron chi connectivity index (χ4n) is 3.08. The number of rotatable bonds is 6. The smallest absolute Gasteiger partial charge is 0.283 e. The summed E-state index contributed by atoms with van der Waals surface area (Å²) >= 11 is 1.15. The van der Waals surface area contributed by atoms with Gasteiger partial charge in [0, 0.05) is 0 Å². The summed E-state index contributed by atoms with van der Waals surface area (Å²) in [5.41, 5.74) is 3.83. The maximum Gasteiger partial charge on any atom is 0.283 e. The van der Waals surface area contributed by atoms with Crippen molar-refractivity contribution in [2.45, 2.75) is 13.8 Å². The van der Waals surface area contributed by atoms with Gasteiger partial charge in [-0.05, 0) is 60.9 Å². The molecule has 2 aromatic carbocycles. The van der Waals surface area contributed by atoms with Crippen LogP contribution in [-0.2, 0) is 9.59 Å². The molecule has 158 valence electrons. The molecule has 2 amide bonds. The number of nitrogens with zero attached hydrogens (tertiary/aromatic N) is 3. The van der Waals surface area contributed by atoms with E-state index in [1.807, 2.05) is 62.4 Å². The first-order valence-corrected chi connectivity index (χ1v) is 10.5. The molecule has 2 aromatic rings. The molecule has 0 radical (unpaired) electrons. The Morgan fingerprint density at radius 1 is 1.23 bits per heavy atom. The molecule has 1 aliphatic heterocycles. The van der Waals surface area contributed by atoms with Gasteiger partial charge in [-0.15, -0.1) is 0 Å². The Kier molecular flexibility index (Phi) is 7.11. The lowest BCUT2D eigenvalue weighted by molar-refractivity contribution is -0.118. The molecule has 0 bridgehead atoms. The Balaban J connectivity index is 1.92. The highest BCUT2D eigenvalue weighted by Crippen LogP contribution is 2.31. The molecular formula is C23H22N4O3S. The standard InChI is InChI=1S/C23H22N4O3S/c1-15-10-16(2)12-18(11-15)27-22(29)20(13-17-4-6-19(30-3)7-5-17)26-23(27)31-14-21(28)25-9-8-24/h4-7,10-13H,9,14H2,1-3H3,(H,25,28)/b20-13-. The normalized spacial score (nSPS) is 14.4. The maximum absolute atomic E-state index is 13.2. The topological polar surface area (TPSA) is 94.8 Å². The quantitative estimate of drug-likeness (QED) is 0.555. The van der Waals surface area contributed by atoms with Crippen LogP contribution in [0, 0.1) is 25.2 Å². The van der Waals surface area contributed by atoms with Gasteiger partial charge in [-0.2, -0.15) is 5.26 Å². The second-order valence-corrected chi connectivity index (χ2v) is 7.85. The van der Waals surface area contributed by atoms with Crippen LogP contribution in [-0.4, -0.2) is 36.4 Å². The third-order valence-corrected chi connectivity index (χ3v) is 5.35. The molecule has 0 atom stereocenters. The lowest BCUT2D eigenvalue weighted by Crippen LogP contribution is -2.32. The van der Waals surface area contributed by atoms with Crippen molar-refractivity contribution in [1.29, 1.82) is 5.26 Å². The first-order valence-electron chi connectivity index (χ1n) is 9.55. The number of anilines is 1. The Morgan fingerprint density at radius 3 is 2.52 bits per heavy atom. The van der Waals surface area contributed by atoms with Gasteiger partial charge in [0.2, 0.25) is 5.91 Å². The minimum absolute atomic E-state index is 0.0465. The van der Waals surface area contributed by atoms with Gasteiger partial charge in [-0.3, -0.25) is 14.5 Å². The number of thioether (sulfide) groups is 1. The van der Waals surface area contributed by atoms with Gasteiger partial charge in [0.15, 0.2) is 5.17 Å². The molecule has 31 heavy (non-hydrogen) atoms. The molecule has 3 rings (SSSR count). The summed E-state index contributed by atoms with van der Waals surface area (Å²) in [4.78, 5) is 31.2. The van der Waals surface area contributed by atoms with E-state index in [1.165, 1.54) is 4.90 Å². The largest absolute Gasteiger partial charge is 0.497 e. The molecule has 0 unspecified atom stereocenters. The number of amides is 2. The number of carbonyl (C=O) groups is 2. The van der Waals surface area contributed by atoms with Crippen molar-refractivity contribution in [3.63, 3.8) is 0 Å². The predicted molar refractivity (Wildman–Crippen MR) is 123 cm³/mol. The number of methoxy groups -OCH3 is 1. The highest BCUT2D eigenvalue weighted by atomic mass is 32.2. The van der Waals surface area contributed by atoms with Crippen molar-refractivity contribution in [2.24, 2.45) is 4.99 Å². The van der Waals surface area contributed by atoms with E-state index in [4.69, 9.17) is 10.00 Å². The van der Waals surface area contributed by atoms with Crippen molar-refractivity contribution in [2.75, 3.05) is 24.3 Å². The summed E-state index contributed by atoms with van der Waals surface area (Å²) in [6.07, 6.45) is 1.71. The number of carbonyl (C=O) groups excluding carboxylic acids is 2. The fraction of sp³-hybridized carbons (Fsp3) is 0.217. The molecular weight excluding hydrogens is 412 g/mol. The van der Waals surface area contributed by atoms with Gasteiger partial charge in [-0.25, -0.2) is 4.99 Å². The predicted octanol–water partition coefficient (Wildman–Crippen LogP) is 3.43. The molecule has 1 aliphatic rings. The highest BCUT2D eigenvalue weighted by Gasteiger charge is 2.32. The van der Waals surface area contributed by atoms with Crippen LogP contribution in [0.5, 0.6) is 5.75 Å². The molecule has 0 aromatic heterocycles. The van der Waals surface area contributed by atoms with E-state index >= 15 is 0 Å². The van der Waals surface area contributed by atoms with E-state index in [0.717, 1.165) is 34.2 Å². The molecule has 0 saturated carbocycles. The van der Waals surface area contributed by atoms with Crippen molar-refractivity contribution in [1.82, 2.24) is 5.32 Å². The third-order valence-electron chi connectivity index (χ3n) is 4.41. The molecule has 0 aliphatic carbocycles. The lowest BCUT2D eigenvalue weighted by atomic mass is 10.1. The minimum atomic E-state index is -0.297. The number of hydrogen-bond donors (Lipinski definition) is 1. The van der Waals surface area contributed by atoms with Crippen LogP contribution >= 0.6 is 11.8 Å². The van der Waals surface area contributed by atoms with E-state index in [9.17, 15) is 9.59 Å². The summed E-state index contributed by atoms with van der Waals surface area (Å²) in [5.74, 6) is 0.209. The van der Waals surface area contributed by atoms with E-state index < -0.39 is 0 Å². The SMILES string of the molecule is COc1ccc(/C=C2\N=C(SCC(=O)NCC#N)N(c3cc(C)cc(C)c3)C2=O)cc1. The summed E-state index contributed by atoms with van der Waals surface area (Å²) < 4.78 is 5.17. The number of nitriles is 1. The first-order chi connectivity index (χ1) is 14.9. The zero-order valence-electron chi connectivity index (χ0n) is 17.5. The van der Waals surface area contributed by atoms with Gasteiger partial charge in [0.05, 0.1) is 24.6 Å². The van der Waals surface area contributed by atoms with Crippen molar-refractivity contribution >= 4 is 40.5 Å². The van der Waals surface area contributed by atoms with E-state index in [2.05, 4.69) is 10.3 Å². The molecule has 7 nitrogen and oxygen atoms in total. The fourth-order valence-corrected chi connectivity index (χ4v) is 3.92. The van der Waals surface area contributed by atoms with E-state index in [-0.39, 0.29) is 29.8 Å². The van der Waals surface area contributed by atoms with E-state index in [0.29, 0.717) is 10.9 Å². The van der Waals surface area contributed by atoms with Crippen LogP contribution in [0.2, 0.25) is 0 Å². The van der Waals surface area contributed by atoms with Crippen molar-refractivity contribution in [3.05, 3.63) is 64.9 Å². The minimum Gasteiger partial charge on any atom is -0.497 e. The molecule has 0 saturated heterocycles. The van der Waals surface area contributed by atoms with Crippen LogP contribution in [0.3, 0.4) is 0 Å². The van der Waals surface area contributed by atoms with Gasteiger partial charge >= 0.3 is 0 Å². The zero-order valence-corrected chi connectivity index (χ0v) is 18.3. The average Bonchev–Trinajstić information content (AvgIpc) is 3.05. The lowest BCUT2D eigenvalue weighted by Gasteiger charge is -2.19. The molecule has 0 fully saturated rings. The first kappa shape index (κ1) is 22.1. The summed E-state index contributed by atoms with van der Waals surface area (Å²) in [5, 5.41) is 11.5. The maximum atomic E-state index is 13.2. The number of benzene rings is 2. The van der Waals surface area contributed by atoms with Crippen LogP contribution in [0.1, 0.15) is 16.7 Å². The number of aliphatic imine (C=N–C) groups is 1. The van der Waals surface area contributed by atoms with Crippen LogP contribution in [0.25, 0.3) is 6.08 Å². The Labute approximate surface area is 185 Å². The Morgan fingerprint density at radius 2 is 1.90 bits per heavy atom. The summed E-state index contributed by atoms with van der Waals surface area (Å²) in [6, 6.07) is 15.0. The van der Waals surface area contributed by atoms with Crippen LogP contribution in [0.4, 0.5) is 5.69 Å². The van der Waals surface area contributed by atoms with Crippen molar-refractivity contribution < 1.29 is 14.3 Å². The molecule has 8 heteroatoms. The second kappa shape index (κ2) is 9.96. The average molecular weight is 435 g/mol. The monoisotopic (exact) mass is 434 g/mol. The van der Waals surface area contributed by atoms with Gasteiger partial charge in [0.1, 0.15) is 18.0 Å². The zero-order chi connectivity index (χ0) is 22.4. The van der Waals surface area contributed by atoms with Gasteiger partial charge in [-0.1, -0.05) is 30.0 Å². The number of ether oxygens (including phenoxy) is 1. The van der Waals surface area contributed by atoms with E-state index in [1.54, 1.807) is 13.2 Å². The third kappa shape index (κ3) is 5.53. The highest BCUT2D eigenvalue weighted by molar-refractivity contribution is 8.14. The molecule has 1 N–H and O–H groups in total. The molecule has 0 spiro atoms. The van der Waals surface area contributed by atoms with Gasteiger partial charge < -0.3 is 10.1 Å². The number of hydrogen-bond acceptors (Lipinski definition) is 6. The summed E-state index contributed by atoms with van der Waals surface area (Å²) in [6.45, 7) is 3.86. The Hall–Kier alpha value is -3.57. The van der Waals surface area contributed by atoms with Crippen molar-refractivity contribution in [3.8, 4) is 11.8 Å². The molecule has 1 heterocycles. The van der Waals surface area contributed by atoms with Gasteiger partial charge in [0.25, 0.3) is 5.91 Å².